The predicted octanol–water partition coefficient (Wildman–Crippen LogP) is 2.64. The molecule has 1 aliphatic carbocycles. The molecular formula is C12H23F3N2. The highest BCUT2D eigenvalue weighted by Gasteiger charge is 2.41. The Bertz CT molecular complexity index is 210. The van der Waals surface area contributed by atoms with Gasteiger partial charge in [0.2, 0.25) is 0 Å². The van der Waals surface area contributed by atoms with E-state index >= 15 is 0 Å². The van der Waals surface area contributed by atoms with Gasteiger partial charge >= 0.3 is 6.18 Å². The van der Waals surface area contributed by atoms with Crippen molar-refractivity contribution < 1.29 is 13.2 Å². The van der Waals surface area contributed by atoms with Gasteiger partial charge in [-0.15, -0.1) is 0 Å². The summed E-state index contributed by atoms with van der Waals surface area (Å²) < 4.78 is 37.5. The van der Waals surface area contributed by atoms with E-state index in [4.69, 9.17) is 5.73 Å². The van der Waals surface area contributed by atoms with Crippen LogP contribution in [0.2, 0.25) is 0 Å². The smallest absolute Gasteiger partial charge is 0.329 e. The van der Waals surface area contributed by atoms with Gasteiger partial charge in [0.25, 0.3) is 0 Å². The van der Waals surface area contributed by atoms with Crippen LogP contribution in [0.25, 0.3) is 0 Å². The molecule has 1 fully saturated rings. The summed E-state index contributed by atoms with van der Waals surface area (Å²) >= 11 is 0. The molecule has 0 aromatic rings. The van der Waals surface area contributed by atoms with E-state index in [9.17, 15) is 13.2 Å². The van der Waals surface area contributed by atoms with E-state index in [0.717, 1.165) is 19.6 Å². The van der Waals surface area contributed by atoms with Crippen LogP contribution in [0, 0.1) is 11.8 Å². The summed E-state index contributed by atoms with van der Waals surface area (Å²) in [6.07, 6.45) is -1.99. The van der Waals surface area contributed by atoms with Crippen molar-refractivity contribution in [3.63, 3.8) is 0 Å². The van der Waals surface area contributed by atoms with E-state index in [1.807, 2.05) is 0 Å². The predicted molar refractivity (Wildman–Crippen MR) is 62.7 cm³/mol. The molecule has 2 nitrogen and oxygen atoms in total. The summed E-state index contributed by atoms with van der Waals surface area (Å²) in [6.45, 7) is 5.35. The van der Waals surface area contributed by atoms with E-state index in [2.05, 4.69) is 11.8 Å². The topological polar surface area (TPSA) is 29.3 Å². The number of likely N-dealkylation sites (N-methyl/N-ethyl adjacent to an activating group) is 1. The molecule has 0 heterocycles. The average Bonchev–Trinajstić information content (AvgIpc) is 2.28. The number of nitrogens with zero attached hydrogens (tertiary/aromatic N) is 1. The molecule has 17 heavy (non-hydrogen) atoms. The van der Waals surface area contributed by atoms with E-state index in [-0.39, 0.29) is 0 Å². The highest BCUT2D eigenvalue weighted by Crippen LogP contribution is 2.39. The Kier molecular flexibility index (Phi) is 5.73. The molecule has 0 unspecified atom stereocenters. The van der Waals surface area contributed by atoms with Gasteiger partial charge in [-0.3, -0.25) is 0 Å². The van der Waals surface area contributed by atoms with Gasteiger partial charge < -0.3 is 10.6 Å². The number of rotatable bonds is 5. The molecule has 0 amide bonds. The second kappa shape index (κ2) is 6.59. The summed E-state index contributed by atoms with van der Waals surface area (Å²) in [5.41, 5.74) is 5.50. The number of hydrogen-bond donors (Lipinski definition) is 1. The molecule has 0 aliphatic heterocycles. The first kappa shape index (κ1) is 14.8. The summed E-state index contributed by atoms with van der Waals surface area (Å²) in [5, 5.41) is 0. The standard InChI is InChI=1S/C12H23F3N2/c1-2-17(8-7-16)9-10-3-5-11(6-4-10)12(13,14)15/h10-11H,2-9,16H2,1H3. The highest BCUT2D eigenvalue weighted by atomic mass is 19.4. The molecule has 0 saturated heterocycles. The van der Waals surface area contributed by atoms with Crippen molar-refractivity contribution in [2.75, 3.05) is 26.2 Å². The maximum Gasteiger partial charge on any atom is 0.391 e. The molecule has 1 aliphatic rings. The number of hydrogen-bond acceptors (Lipinski definition) is 2. The van der Waals surface area contributed by atoms with Gasteiger partial charge in [0, 0.05) is 19.6 Å². The lowest BCUT2D eigenvalue weighted by molar-refractivity contribution is -0.184. The zero-order chi connectivity index (χ0) is 12.9. The van der Waals surface area contributed by atoms with Crippen molar-refractivity contribution in [2.45, 2.75) is 38.8 Å². The normalized spacial score (nSPS) is 26.5. The van der Waals surface area contributed by atoms with Gasteiger partial charge in [0.1, 0.15) is 0 Å². The summed E-state index contributed by atoms with van der Waals surface area (Å²) in [5.74, 6) is -0.650. The van der Waals surface area contributed by atoms with Crippen LogP contribution in [-0.4, -0.2) is 37.3 Å². The maximum atomic E-state index is 12.5. The second-order valence-corrected chi connectivity index (χ2v) is 4.94. The van der Waals surface area contributed by atoms with E-state index < -0.39 is 12.1 Å². The van der Waals surface area contributed by atoms with Crippen LogP contribution in [0.5, 0.6) is 0 Å². The van der Waals surface area contributed by atoms with Crippen molar-refractivity contribution in [3.8, 4) is 0 Å². The minimum absolute atomic E-state index is 0.300. The zero-order valence-electron chi connectivity index (χ0n) is 10.5. The van der Waals surface area contributed by atoms with Crippen LogP contribution in [0.15, 0.2) is 0 Å². The minimum atomic E-state index is -3.99. The van der Waals surface area contributed by atoms with Gasteiger partial charge in [-0.05, 0) is 38.1 Å². The van der Waals surface area contributed by atoms with Gasteiger partial charge in [0.15, 0.2) is 0 Å². The number of nitrogens with two attached hydrogens (primary N) is 1. The molecule has 0 aromatic heterocycles. The lowest BCUT2D eigenvalue weighted by Crippen LogP contribution is -2.36. The first-order valence-corrected chi connectivity index (χ1v) is 6.46. The third-order valence-corrected chi connectivity index (χ3v) is 3.72. The molecule has 102 valence electrons. The van der Waals surface area contributed by atoms with Gasteiger partial charge in [-0.1, -0.05) is 6.92 Å². The Morgan fingerprint density at radius 1 is 1.18 bits per heavy atom. The third kappa shape index (κ3) is 4.84. The Hall–Kier alpha value is -0.290. The Labute approximate surface area is 101 Å². The lowest BCUT2D eigenvalue weighted by Gasteiger charge is -2.33. The van der Waals surface area contributed by atoms with E-state index in [0.29, 0.717) is 38.1 Å². The number of alkyl halides is 3. The molecule has 1 saturated carbocycles. The molecule has 1 rings (SSSR count). The van der Waals surface area contributed by atoms with Crippen LogP contribution in [-0.2, 0) is 0 Å². The fourth-order valence-corrected chi connectivity index (χ4v) is 2.60. The fourth-order valence-electron chi connectivity index (χ4n) is 2.60. The van der Waals surface area contributed by atoms with Gasteiger partial charge in [0.05, 0.1) is 5.92 Å². The summed E-state index contributed by atoms with van der Waals surface area (Å²) in [4.78, 5) is 2.23. The Morgan fingerprint density at radius 3 is 2.18 bits per heavy atom. The van der Waals surface area contributed by atoms with Crippen molar-refractivity contribution in [1.82, 2.24) is 4.90 Å². The SMILES string of the molecule is CCN(CCN)CC1CCC(C(F)(F)F)CC1. The molecule has 2 N–H and O–H groups in total. The van der Waals surface area contributed by atoms with Crippen LogP contribution in [0.3, 0.4) is 0 Å². The molecule has 0 spiro atoms. The largest absolute Gasteiger partial charge is 0.391 e. The van der Waals surface area contributed by atoms with Crippen molar-refractivity contribution in [1.29, 1.82) is 0 Å². The molecule has 0 radical (unpaired) electrons. The quantitative estimate of drug-likeness (QED) is 0.815. The van der Waals surface area contributed by atoms with E-state index in [1.54, 1.807) is 0 Å². The maximum absolute atomic E-state index is 12.5. The highest BCUT2D eigenvalue weighted by molar-refractivity contribution is 4.78. The van der Waals surface area contributed by atoms with Crippen molar-refractivity contribution in [2.24, 2.45) is 17.6 Å². The summed E-state index contributed by atoms with van der Waals surface area (Å²) in [6, 6.07) is 0. The second-order valence-electron chi connectivity index (χ2n) is 4.94. The van der Waals surface area contributed by atoms with Crippen LogP contribution < -0.4 is 5.73 Å². The molecule has 0 bridgehead atoms. The fraction of sp³-hybridized carbons (Fsp3) is 1.00. The first-order chi connectivity index (χ1) is 7.97. The lowest BCUT2D eigenvalue weighted by atomic mass is 9.81. The summed E-state index contributed by atoms with van der Waals surface area (Å²) in [7, 11) is 0. The Morgan fingerprint density at radius 2 is 1.76 bits per heavy atom. The molecular weight excluding hydrogens is 229 g/mol. The Balaban J connectivity index is 2.31. The van der Waals surface area contributed by atoms with Crippen molar-refractivity contribution in [3.05, 3.63) is 0 Å². The zero-order valence-corrected chi connectivity index (χ0v) is 10.5. The molecule has 0 atom stereocenters. The van der Waals surface area contributed by atoms with Gasteiger partial charge in [-0.25, -0.2) is 0 Å². The van der Waals surface area contributed by atoms with Crippen LogP contribution in [0.1, 0.15) is 32.6 Å². The third-order valence-electron chi connectivity index (χ3n) is 3.72. The number of halogens is 3. The van der Waals surface area contributed by atoms with Crippen LogP contribution >= 0.6 is 0 Å². The van der Waals surface area contributed by atoms with E-state index in [1.165, 1.54) is 0 Å². The average molecular weight is 252 g/mol. The monoisotopic (exact) mass is 252 g/mol. The van der Waals surface area contributed by atoms with Crippen molar-refractivity contribution >= 4 is 0 Å². The van der Waals surface area contributed by atoms with Crippen LogP contribution in [0.4, 0.5) is 13.2 Å². The minimum Gasteiger partial charge on any atom is -0.329 e. The van der Waals surface area contributed by atoms with Gasteiger partial charge in [-0.2, -0.15) is 13.2 Å². The first-order valence-electron chi connectivity index (χ1n) is 6.46. The molecule has 5 heteroatoms. The molecule has 0 aromatic carbocycles.